The second kappa shape index (κ2) is 9.43. The Labute approximate surface area is 137 Å². The van der Waals surface area contributed by atoms with Crippen LogP contribution in [0.15, 0.2) is 30.3 Å². The molecule has 1 aliphatic rings. The molecular formula is C16H23ClN2O3. The van der Waals surface area contributed by atoms with Gasteiger partial charge in [0.2, 0.25) is 5.91 Å². The normalized spacial score (nSPS) is 14.6. The Bertz CT molecular complexity index is 478. The summed E-state index contributed by atoms with van der Waals surface area (Å²) < 4.78 is 4.98. The monoisotopic (exact) mass is 326 g/mol. The molecule has 1 saturated carbocycles. The predicted molar refractivity (Wildman–Crippen MR) is 86.8 cm³/mol. The summed E-state index contributed by atoms with van der Waals surface area (Å²) in [7, 11) is 0. The van der Waals surface area contributed by atoms with Crippen molar-refractivity contribution in [3.63, 3.8) is 0 Å². The molecule has 1 unspecified atom stereocenters. The van der Waals surface area contributed by atoms with E-state index in [4.69, 9.17) is 4.74 Å². The van der Waals surface area contributed by atoms with Gasteiger partial charge in [0.05, 0.1) is 25.6 Å². The highest BCUT2D eigenvalue weighted by Crippen LogP contribution is 2.19. The van der Waals surface area contributed by atoms with Crippen molar-refractivity contribution in [3.8, 4) is 0 Å². The van der Waals surface area contributed by atoms with E-state index >= 15 is 0 Å². The number of carbonyl (C=O) groups excluding carboxylic acids is 2. The highest BCUT2D eigenvalue weighted by Gasteiger charge is 2.23. The van der Waals surface area contributed by atoms with Crippen LogP contribution < -0.4 is 10.6 Å². The van der Waals surface area contributed by atoms with Crippen LogP contribution in [0.2, 0.25) is 0 Å². The molecule has 0 saturated heterocycles. The number of rotatable bonds is 8. The van der Waals surface area contributed by atoms with Gasteiger partial charge < -0.3 is 15.4 Å². The molecular weight excluding hydrogens is 304 g/mol. The zero-order valence-electron chi connectivity index (χ0n) is 12.7. The molecule has 0 heterocycles. The number of carbonyl (C=O) groups is 2. The average Bonchev–Trinajstić information content (AvgIpc) is 3.30. The third kappa shape index (κ3) is 6.45. The van der Waals surface area contributed by atoms with E-state index in [2.05, 4.69) is 10.6 Å². The standard InChI is InChI=1S/C16H22N2O3.ClH/c1-2-21-16(20)10-14(12-6-4-3-5-7-12)18-15(19)11-17-13-8-9-13;/h3-7,13-14,17H,2,8-11H2,1H3,(H,18,19);1H. The number of esters is 1. The summed E-state index contributed by atoms with van der Waals surface area (Å²) in [6, 6.07) is 9.62. The van der Waals surface area contributed by atoms with Gasteiger partial charge in [-0.05, 0) is 25.3 Å². The molecule has 0 radical (unpaired) electrons. The van der Waals surface area contributed by atoms with Crippen LogP contribution in [0, 0.1) is 0 Å². The Kier molecular flexibility index (Phi) is 7.91. The molecule has 1 aromatic carbocycles. The molecule has 5 nitrogen and oxygen atoms in total. The summed E-state index contributed by atoms with van der Waals surface area (Å²) in [5.74, 6) is -0.401. The number of hydrogen-bond donors (Lipinski definition) is 2. The third-order valence-electron chi connectivity index (χ3n) is 3.34. The number of amides is 1. The molecule has 6 heteroatoms. The van der Waals surface area contributed by atoms with Gasteiger partial charge in [0.15, 0.2) is 0 Å². The molecule has 1 atom stereocenters. The summed E-state index contributed by atoms with van der Waals surface area (Å²) in [4.78, 5) is 23.7. The number of hydrogen-bond acceptors (Lipinski definition) is 4. The van der Waals surface area contributed by atoms with E-state index in [-0.39, 0.29) is 43.3 Å². The van der Waals surface area contributed by atoms with E-state index in [0.717, 1.165) is 18.4 Å². The largest absolute Gasteiger partial charge is 0.466 e. The number of benzene rings is 1. The van der Waals surface area contributed by atoms with Gasteiger partial charge in [-0.1, -0.05) is 30.3 Å². The number of ether oxygens (including phenoxy) is 1. The quantitative estimate of drug-likeness (QED) is 0.717. The fourth-order valence-electron chi connectivity index (χ4n) is 2.09. The van der Waals surface area contributed by atoms with Crippen molar-refractivity contribution in [1.82, 2.24) is 10.6 Å². The van der Waals surface area contributed by atoms with Gasteiger partial charge in [-0.25, -0.2) is 0 Å². The maximum Gasteiger partial charge on any atom is 0.308 e. The van der Waals surface area contributed by atoms with Crippen LogP contribution in [0.5, 0.6) is 0 Å². The SMILES string of the molecule is CCOC(=O)CC(NC(=O)CNC1CC1)c1ccccc1.Cl. The first kappa shape index (κ1) is 18.5. The molecule has 22 heavy (non-hydrogen) atoms. The molecule has 0 aliphatic heterocycles. The summed E-state index contributed by atoms with van der Waals surface area (Å²) in [6.07, 6.45) is 2.42. The minimum absolute atomic E-state index is 0. The molecule has 1 aliphatic carbocycles. The molecule has 2 rings (SSSR count). The van der Waals surface area contributed by atoms with Gasteiger partial charge in [0.25, 0.3) is 0 Å². The lowest BCUT2D eigenvalue weighted by Crippen LogP contribution is -2.38. The van der Waals surface area contributed by atoms with E-state index in [1.807, 2.05) is 30.3 Å². The maximum atomic E-state index is 12.0. The lowest BCUT2D eigenvalue weighted by atomic mass is 10.0. The van der Waals surface area contributed by atoms with Gasteiger partial charge in [-0.15, -0.1) is 12.4 Å². The number of nitrogens with one attached hydrogen (secondary N) is 2. The molecule has 0 aromatic heterocycles. The topological polar surface area (TPSA) is 67.4 Å². The highest BCUT2D eigenvalue weighted by molar-refractivity contribution is 5.85. The minimum Gasteiger partial charge on any atom is -0.466 e. The Balaban J connectivity index is 0.00000242. The Morgan fingerprint density at radius 1 is 1.27 bits per heavy atom. The lowest BCUT2D eigenvalue weighted by molar-refractivity contribution is -0.143. The van der Waals surface area contributed by atoms with Crippen LogP contribution in [0.4, 0.5) is 0 Å². The predicted octanol–water partition coefficient (Wildman–Crippen LogP) is 1.97. The zero-order valence-corrected chi connectivity index (χ0v) is 13.5. The van der Waals surface area contributed by atoms with Crippen LogP contribution in [-0.2, 0) is 14.3 Å². The van der Waals surface area contributed by atoms with Crippen molar-refractivity contribution in [2.24, 2.45) is 0 Å². The van der Waals surface area contributed by atoms with Gasteiger partial charge in [0, 0.05) is 6.04 Å². The Morgan fingerprint density at radius 2 is 1.95 bits per heavy atom. The first-order chi connectivity index (χ1) is 10.2. The minimum atomic E-state index is -0.348. The van der Waals surface area contributed by atoms with Gasteiger partial charge >= 0.3 is 5.97 Å². The van der Waals surface area contributed by atoms with Crippen molar-refractivity contribution >= 4 is 24.3 Å². The summed E-state index contributed by atoms with van der Waals surface area (Å²) in [5.41, 5.74) is 0.908. The van der Waals surface area contributed by atoms with Crippen LogP contribution in [-0.4, -0.2) is 31.1 Å². The van der Waals surface area contributed by atoms with Crippen molar-refractivity contribution < 1.29 is 14.3 Å². The lowest BCUT2D eigenvalue weighted by Gasteiger charge is -2.18. The Hall–Kier alpha value is -1.59. The molecule has 122 valence electrons. The molecule has 0 spiro atoms. The average molecular weight is 327 g/mol. The fourth-order valence-corrected chi connectivity index (χ4v) is 2.09. The van der Waals surface area contributed by atoms with E-state index < -0.39 is 0 Å². The molecule has 1 aromatic rings. The van der Waals surface area contributed by atoms with E-state index in [0.29, 0.717) is 12.6 Å². The van der Waals surface area contributed by atoms with E-state index in [1.165, 1.54) is 0 Å². The maximum absolute atomic E-state index is 12.0. The van der Waals surface area contributed by atoms with Crippen molar-refractivity contribution in [1.29, 1.82) is 0 Å². The Morgan fingerprint density at radius 3 is 2.55 bits per heavy atom. The number of halogens is 1. The molecule has 2 N–H and O–H groups in total. The second-order valence-electron chi connectivity index (χ2n) is 5.20. The first-order valence-electron chi connectivity index (χ1n) is 7.42. The van der Waals surface area contributed by atoms with Gasteiger partial charge in [-0.3, -0.25) is 9.59 Å². The molecule has 1 amide bonds. The van der Waals surface area contributed by atoms with Crippen LogP contribution in [0.3, 0.4) is 0 Å². The second-order valence-corrected chi connectivity index (χ2v) is 5.20. The smallest absolute Gasteiger partial charge is 0.308 e. The van der Waals surface area contributed by atoms with E-state index in [9.17, 15) is 9.59 Å². The fraction of sp³-hybridized carbons (Fsp3) is 0.500. The zero-order chi connectivity index (χ0) is 15.1. The van der Waals surface area contributed by atoms with Crippen LogP contribution >= 0.6 is 12.4 Å². The van der Waals surface area contributed by atoms with Gasteiger partial charge in [0.1, 0.15) is 0 Å². The van der Waals surface area contributed by atoms with Crippen LogP contribution in [0.25, 0.3) is 0 Å². The first-order valence-corrected chi connectivity index (χ1v) is 7.42. The van der Waals surface area contributed by atoms with Gasteiger partial charge in [-0.2, -0.15) is 0 Å². The van der Waals surface area contributed by atoms with Crippen LogP contribution in [0.1, 0.15) is 37.8 Å². The van der Waals surface area contributed by atoms with Crippen molar-refractivity contribution in [3.05, 3.63) is 35.9 Å². The van der Waals surface area contributed by atoms with E-state index in [1.54, 1.807) is 6.92 Å². The summed E-state index contributed by atoms with van der Waals surface area (Å²) in [5, 5.41) is 6.07. The third-order valence-corrected chi connectivity index (χ3v) is 3.34. The summed E-state index contributed by atoms with van der Waals surface area (Å²) in [6.45, 7) is 2.40. The van der Waals surface area contributed by atoms with Crippen molar-refractivity contribution in [2.75, 3.05) is 13.2 Å². The van der Waals surface area contributed by atoms with Crippen molar-refractivity contribution in [2.45, 2.75) is 38.3 Å². The highest BCUT2D eigenvalue weighted by atomic mass is 35.5. The summed E-state index contributed by atoms with van der Waals surface area (Å²) >= 11 is 0. The molecule has 1 fully saturated rings. The molecule has 0 bridgehead atoms.